The Morgan fingerprint density at radius 1 is 1.24 bits per heavy atom. The summed E-state index contributed by atoms with van der Waals surface area (Å²) in [5.74, 6) is -0.728. The maximum Gasteiger partial charge on any atom is 0.247 e. The number of pyridine rings is 1. The molecule has 1 aliphatic rings. The first-order valence-corrected chi connectivity index (χ1v) is 12.9. The average Bonchev–Trinajstić information content (AvgIpc) is 2.87. The predicted molar refractivity (Wildman–Crippen MR) is 129 cm³/mol. The number of nitrogens with zero attached hydrogens (tertiary/aromatic N) is 2. The van der Waals surface area contributed by atoms with Crippen LogP contribution >= 0.6 is 0 Å². The summed E-state index contributed by atoms with van der Waals surface area (Å²) in [6.45, 7) is 4.26. The zero-order valence-electron chi connectivity index (χ0n) is 19.7. The van der Waals surface area contributed by atoms with Gasteiger partial charge in [-0.1, -0.05) is 20.3 Å². The van der Waals surface area contributed by atoms with Crippen LogP contribution in [0.1, 0.15) is 33.1 Å². The summed E-state index contributed by atoms with van der Waals surface area (Å²) in [5.41, 5.74) is 0.546. The van der Waals surface area contributed by atoms with Crippen molar-refractivity contribution in [3.8, 4) is 5.75 Å². The van der Waals surface area contributed by atoms with Gasteiger partial charge in [-0.05, 0) is 55.2 Å². The van der Waals surface area contributed by atoms with Gasteiger partial charge < -0.3 is 15.4 Å². The lowest BCUT2D eigenvalue weighted by Crippen LogP contribution is -2.52. The monoisotopic (exact) mass is 488 g/mol. The molecule has 10 heteroatoms. The lowest BCUT2D eigenvalue weighted by Gasteiger charge is -2.32. The molecule has 1 aromatic carbocycles. The fraction of sp³-hybridized carbons (Fsp3) is 0.458. The maximum absolute atomic E-state index is 13.1. The van der Waals surface area contributed by atoms with Crippen molar-refractivity contribution in [1.29, 1.82) is 0 Å². The molecule has 1 aromatic heterocycles. The summed E-state index contributed by atoms with van der Waals surface area (Å²) in [6.07, 6.45) is 4.95. The van der Waals surface area contributed by atoms with Crippen molar-refractivity contribution in [2.45, 2.75) is 44.0 Å². The highest BCUT2D eigenvalue weighted by atomic mass is 32.2. The van der Waals surface area contributed by atoms with Gasteiger partial charge in [0.25, 0.3) is 0 Å². The number of rotatable bonds is 9. The molecule has 0 bridgehead atoms. The van der Waals surface area contributed by atoms with Crippen LogP contribution in [0, 0.1) is 11.8 Å². The Labute approximate surface area is 201 Å². The van der Waals surface area contributed by atoms with E-state index in [1.165, 1.54) is 29.7 Å². The first kappa shape index (κ1) is 25.6. The van der Waals surface area contributed by atoms with Crippen LogP contribution in [0.5, 0.6) is 5.75 Å². The number of benzene rings is 1. The summed E-state index contributed by atoms with van der Waals surface area (Å²) in [5, 5.41) is 5.67. The van der Waals surface area contributed by atoms with Gasteiger partial charge in [0, 0.05) is 19.3 Å². The van der Waals surface area contributed by atoms with Crippen LogP contribution in [-0.4, -0.2) is 55.8 Å². The lowest BCUT2D eigenvalue weighted by atomic mass is 9.94. The Hall–Kier alpha value is -2.98. The minimum atomic E-state index is -3.75. The van der Waals surface area contributed by atoms with E-state index in [0.717, 1.165) is 0 Å². The molecule has 34 heavy (non-hydrogen) atoms. The zero-order chi connectivity index (χ0) is 24.7. The van der Waals surface area contributed by atoms with Crippen molar-refractivity contribution < 1.29 is 22.7 Å². The van der Waals surface area contributed by atoms with E-state index in [0.29, 0.717) is 37.2 Å². The third-order valence-corrected chi connectivity index (χ3v) is 8.05. The van der Waals surface area contributed by atoms with Gasteiger partial charge in [0.05, 0.1) is 29.8 Å². The second kappa shape index (κ2) is 11.4. The van der Waals surface area contributed by atoms with E-state index >= 15 is 0 Å². The van der Waals surface area contributed by atoms with Gasteiger partial charge >= 0.3 is 0 Å². The molecule has 0 aliphatic carbocycles. The molecule has 184 valence electrons. The van der Waals surface area contributed by atoms with Crippen LogP contribution in [0.25, 0.3) is 0 Å². The Bertz CT molecular complexity index is 1080. The summed E-state index contributed by atoms with van der Waals surface area (Å²) < 4.78 is 32.7. The van der Waals surface area contributed by atoms with E-state index in [-0.39, 0.29) is 29.2 Å². The van der Waals surface area contributed by atoms with E-state index in [4.69, 9.17) is 4.74 Å². The van der Waals surface area contributed by atoms with Crippen molar-refractivity contribution in [2.75, 3.05) is 25.5 Å². The summed E-state index contributed by atoms with van der Waals surface area (Å²) >= 11 is 0. The molecular weight excluding hydrogens is 456 g/mol. The van der Waals surface area contributed by atoms with Crippen LogP contribution < -0.4 is 15.4 Å². The molecule has 9 nitrogen and oxygen atoms in total. The smallest absolute Gasteiger partial charge is 0.247 e. The van der Waals surface area contributed by atoms with Crippen LogP contribution in [0.3, 0.4) is 0 Å². The quantitative estimate of drug-likeness (QED) is 0.560. The third kappa shape index (κ3) is 6.12. The second-order valence-electron chi connectivity index (χ2n) is 8.48. The predicted octanol–water partition coefficient (Wildman–Crippen LogP) is 2.66. The molecule has 1 saturated heterocycles. The topological polar surface area (TPSA) is 118 Å². The molecule has 2 heterocycles. The van der Waals surface area contributed by atoms with E-state index in [9.17, 15) is 18.0 Å². The molecule has 0 radical (unpaired) electrons. The number of ether oxygens (including phenoxy) is 1. The highest BCUT2D eigenvalue weighted by Crippen LogP contribution is 2.25. The lowest BCUT2D eigenvalue weighted by molar-refractivity contribution is -0.131. The van der Waals surface area contributed by atoms with Crippen molar-refractivity contribution in [1.82, 2.24) is 14.6 Å². The van der Waals surface area contributed by atoms with Gasteiger partial charge in [-0.2, -0.15) is 4.31 Å². The normalized spacial score (nSPS) is 18.5. The molecule has 3 atom stereocenters. The molecule has 1 aliphatic heterocycles. The third-order valence-electron chi connectivity index (χ3n) is 6.17. The first-order valence-electron chi connectivity index (χ1n) is 11.4. The molecule has 2 N–H and O–H groups in total. The SMILES string of the molecule is CC[C@@H](C)[C@H](NC(=O)[C@H]1CCCN(S(=O)(=O)c2ccc(OC)cc2)C1)C(=O)Nc1cccnc1. The number of hydrogen-bond donors (Lipinski definition) is 2. The van der Waals surface area contributed by atoms with Crippen LogP contribution in [0.15, 0.2) is 53.7 Å². The number of amides is 2. The van der Waals surface area contributed by atoms with Gasteiger partial charge in [-0.3, -0.25) is 14.6 Å². The Morgan fingerprint density at radius 3 is 2.59 bits per heavy atom. The molecule has 3 rings (SSSR count). The van der Waals surface area contributed by atoms with Crippen molar-refractivity contribution in [2.24, 2.45) is 11.8 Å². The Kier molecular flexibility index (Phi) is 8.62. The molecule has 0 spiro atoms. The van der Waals surface area contributed by atoms with E-state index in [1.807, 2.05) is 13.8 Å². The number of sulfonamides is 1. The summed E-state index contributed by atoms with van der Waals surface area (Å²) in [6, 6.07) is 8.89. The standard InChI is InChI=1S/C24H32N4O5S/c1-4-17(2)22(24(30)26-19-8-5-13-25-15-19)27-23(29)18-7-6-14-28(16-18)34(31,32)21-11-9-20(33-3)10-12-21/h5,8-13,15,17-18,22H,4,6-7,14,16H2,1-3H3,(H,26,30)(H,27,29)/t17-,18+,22+/m1/s1. The number of carbonyl (C=O) groups is 2. The van der Waals surface area contributed by atoms with E-state index < -0.39 is 22.0 Å². The number of anilines is 1. The fourth-order valence-electron chi connectivity index (χ4n) is 3.90. The van der Waals surface area contributed by atoms with Crippen molar-refractivity contribution >= 4 is 27.5 Å². The average molecular weight is 489 g/mol. The number of methoxy groups -OCH3 is 1. The number of carbonyl (C=O) groups excluding carboxylic acids is 2. The Balaban J connectivity index is 1.70. The summed E-state index contributed by atoms with van der Waals surface area (Å²) in [7, 11) is -2.23. The molecule has 0 unspecified atom stereocenters. The van der Waals surface area contributed by atoms with E-state index in [2.05, 4.69) is 15.6 Å². The van der Waals surface area contributed by atoms with Crippen molar-refractivity contribution in [3.63, 3.8) is 0 Å². The number of hydrogen-bond acceptors (Lipinski definition) is 6. The van der Waals surface area contributed by atoms with Crippen LogP contribution in [0.2, 0.25) is 0 Å². The number of aromatic nitrogens is 1. The van der Waals surface area contributed by atoms with Gasteiger partial charge in [0.2, 0.25) is 21.8 Å². The second-order valence-corrected chi connectivity index (χ2v) is 10.4. The number of piperidine rings is 1. The fourth-order valence-corrected chi connectivity index (χ4v) is 5.43. The molecule has 2 aromatic rings. The maximum atomic E-state index is 13.1. The van der Waals surface area contributed by atoms with Gasteiger partial charge in [-0.25, -0.2) is 8.42 Å². The van der Waals surface area contributed by atoms with Crippen LogP contribution in [0.4, 0.5) is 5.69 Å². The first-order chi connectivity index (χ1) is 16.3. The highest BCUT2D eigenvalue weighted by Gasteiger charge is 2.35. The van der Waals surface area contributed by atoms with Gasteiger partial charge in [0.15, 0.2) is 0 Å². The molecule has 2 amide bonds. The van der Waals surface area contributed by atoms with E-state index in [1.54, 1.807) is 30.5 Å². The minimum absolute atomic E-state index is 0.0671. The zero-order valence-corrected chi connectivity index (χ0v) is 20.5. The van der Waals surface area contributed by atoms with Crippen molar-refractivity contribution in [3.05, 3.63) is 48.8 Å². The largest absolute Gasteiger partial charge is 0.497 e. The minimum Gasteiger partial charge on any atom is -0.497 e. The molecule has 1 fully saturated rings. The molecular formula is C24H32N4O5S. The number of nitrogens with one attached hydrogen (secondary N) is 2. The highest BCUT2D eigenvalue weighted by molar-refractivity contribution is 7.89. The molecule has 0 saturated carbocycles. The van der Waals surface area contributed by atoms with Gasteiger partial charge in [-0.15, -0.1) is 0 Å². The Morgan fingerprint density at radius 2 is 1.97 bits per heavy atom. The van der Waals surface area contributed by atoms with Gasteiger partial charge in [0.1, 0.15) is 11.8 Å². The van der Waals surface area contributed by atoms with Crippen LogP contribution in [-0.2, 0) is 19.6 Å². The summed E-state index contributed by atoms with van der Waals surface area (Å²) in [4.78, 5) is 30.2.